The highest BCUT2D eigenvalue weighted by Crippen LogP contribution is 2.36. The number of nitrogens with one attached hydrogen (secondary N) is 1. The van der Waals surface area contributed by atoms with Gasteiger partial charge in [0.15, 0.2) is 0 Å². The third-order valence-corrected chi connectivity index (χ3v) is 6.70. The van der Waals surface area contributed by atoms with Crippen molar-refractivity contribution in [3.05, 3.63) is 64.3 Å². The summed E-state index contributed by atoms with van der Waals surface area (Å²) in [6.07, 6.45) is 1.64. The van der Waals surface area contributed by atoms with E-state index in [1.54, 1.807) is 29.8 Å². The standard InChI is InChI=1S/C19H20FN3O3S/c1-19(9-10-19)21-27(25,26)15-7-8-16-17(11-15)22(2)18(24)23(16)12-13-3-5-14(20)6-4-13/h3-8,11,21H,9-10,12H2,1-2H3. The Morgan fingerprint density at radius 2 is 1.78 bits per heavy atom. The number of benzene rings is 2. The number of sulfonamides is 1. The Labute approximate surface area is 156 Å². The number of imidazole rings is 1. The topological polar surface area (TPSA) is 73.1 Å². The number of rotatable bonds is 5. The molecule has 1 aliphatic rings. The quantitative estimate of drug-likeness (QED) is 0.728. The molecule has 6 nitrogen and oxygen atoms in total. The summed E-state index contributed by atoms with van der Waals surface area (Å²) >= 11 is 0. The Morgan fingerprint density at radius 1 is 1.11 bits per heavy atom. The van der Waals surface area contributed by atoms with Crippen LogP contribution in [-0.2, 0) is 23.6 Å². The fourth-order valence-corrected chi connectivity index (χ4v) is 4.64. The summed E-state index contributed by atoms with van der Waals surface area (Å²) in [5.74, 6) is -0.337. The second-order valence-electron chi connectivity index (χ2n) is 7.37. The highest BCUT2D eigenvalue weighted by molar-refractivity contribution is 7.89. The van der Waals surface area contributed by atoms with E-state index in [1.165, 1.54) is 28.8 Å². The van der Waals surface area contributed by atoms with Crippen LogP contribution in [0.4, 0.5) is 4.39 Å². The molecule has 1 heterocycles. The largest absolute Gasteiger partial charge is 0.329 e. The average molecular weight is 389 g/mol. The molecule has 4 rings (SSSR count). The lowest BCUT2D eigenvalue weighted by Crippen LogP contribution is -2.34. The maximum atomic E-state index is 13.1. The molecule has 0 radical (unpaired) electrons. The molecule has 2 aromatic carbocycles. The van der Waals surface area contributed by atoms with Gasteiger partial charge in [-0.05, 0) is 55.7 Å². The normalized spacial score (nSPS) is 16.0. The van der Waals surface area contributed by atoms with Crippen molar-refractivity contribution in [2.24, 2.45) is 7.05 Å². The minimum absolute atomic E-state index is 0.137. The van der Waals surface area contributed by atoms with E-state index < -0.39 is 10.0 Å². The number of aryl methyl sites for hydroxylation is 1. The van der Waals surface area contributed by atoms with Crippen molar-refractivity contribution in [3.8, 4) is 0 Å². The van der Waals surface area contributed by atoms with Gasteiger partial charge in [0.1, 0.15) is 5.82 Å². The van der Waals surface area contributed by atoms with E-state index in [0.29, 0.717) is 11.0 Å². The third-order valence-electron chi connectivity index (χ3n) is 5.06. The van der Waals surface area contributed by atoms with Gasteiger partial charge in [0, 0.05) is 12.6 Å². The molecule has 0 unspecified atom stereocenters. The number of hydrogen-bond donors (Lipinski definition) is 1. The second-order valence-corrected chi connectivity index (χ2v) is 9.05. The molecule has 1 aromatic heterocycles. The summed E-state index contributed by atoms with van der Waals surface area (Å²) in [6, 6.07) is 10.6. The fraction of sp³-hybridized carbons (Fsp3) is 0.316. The molecule has 1 fully saturated rings. The Kier molecular flexibility index (Phi) is 4.01. The van der Waals surface area contributed by atoms with Crippen LogP contribution in [0.15, 0.2) is 52.2 Å². The van der Waals surface area contributed by atoms with E-state index in [4.69, 9.17) is 0 Å². The summed E-state index contributed by atoms with van der Waals surface area (Å²) in [4.78, 5) is 12.8. The van der Waals surface area contributed by atoms with Crippen LogP contribution in [0.5, 0.6) is 0 Å². The van der Waals surface area contributed by atoms with Crippen molar-refractivity contribution in [1.29, 1.82) is 0 Å². The van der Waals surface area contributed by atoms with Crippen LogP contribution in [-0.4, -0.2) is 23.1 Å². The smallest absolute Gasteiger partial charge is 0.295 e. The average Bonchev–Trinajstić information content (AvgIpc) is 3.29. The summed E-state index contributed by atoms with van der Waals surface area (Å²) in [5.41, 5.74) is 1.32. The monoisotopic (exact) mass is 389 g/mol. The number of hydrogen-bond acceptors (Lipinski definition) is 3. The van der Waals surface area contributed by atoms with Crippen molar-refractivity contribution < 1.29 is 12.8 Å². The van der Waals surface area contributed by atoms with E-state index in [1.807, 2.05) is 6.92 Å². The molecule has 1 saturated carbocycles. The van der Waals surface area contributed by atoms with Gasteiger partial charge in [-0.15, -0.1) is 0 Å². The van der Waals surface area contributed by atoms with Crippen LogP contribution in [0.25, 0.3) is 11.0 Å². The van der Waals surface area contributed by atoms with Gasteiger partial charge in [0.25, 0.3) is 0 Å². The van der Waals surface area contributed by atoms with Gasteiger partial charge in [-0.1, -0.05) is 12.1 Å². The van der Waals surface area contributed by atoms with E-state index >= 15 is 0 Å². The van der Waals surface area contributed by atoms with E-state index in [0.717, 1.165) is 18.4 Å². The van der Waals surface area contributed by atoms with Crippen molar-refractivity contribution in [1.82, 2.24) is 13.9 Å². The maximum Gasteiger partial charge on any atom is 0.329 e. The molecule has 1 aliphatic carbocycles. The SMILES string of the molecule is Cn1c(=O)n(Cc2ccc(F)cc2)c2ccc(S(=O)(=O)NC3(C)CC3)cc21. The highest BCUT2D eigenvalue weighted by atomic mass is 32.2. The molecular formula is C19H20FN3O3S. The number of aromatic nitrogens is 2. The first-order valence-corrected chi connectivity index (χ1v) is 10.1. The molecular weight excluding hydrogens is 369 g/mol. The Bertz CT molecular complexity index is 1190. The van der Waals surface area contributed by atoms with Crippen LogP contribution in [0, 0.1) is 5.82 Å². The molecule has 0 aliphatic heterocycles. The van der Waals surface area contributed by atoms with Gasteiger partial charge in [0.05, 0.1) is 22.5 Å². The minimum Gasteiger partial charge on any atom is -0.295 e. The molecule has 0 amide bonds. The first kappa shape index (κ1) is 17.9. The molecule has 0 saturated heterocycles. The highest BCUT2D eigenvalue weighted by Gasteiger charge is 2.41. The van der Waals surface area contributed by atoms with E-state index in [2.05, 4.69) is 4.72 Å². The van der Waals surface area contributed by atoms with Crippen LogP contribution in [0.2, 0.25) is 0 Å². The minimum atomic E-state index is -3.65. The van der Waals surface area contributed by atoms with Crippen molar-refractivity contribution in [2.45, 2.75) is 36.7 Å². The number of halogens is 1. The van der Waals surface area contributed by atoms with Gasteiger partial charge in [-0.25, -0.2) is 22.3 Å². The molecule has 0 bridgehead atoms. The fourth-order valence-electron chi connectivity index (χ4n) is 3.15. The summed E-state index contributed by atoms with van der Waals surface area (Å²) < 4.78 is 44.0. The molecule has 1 N–H and O–H groups in total. The predicted molar refractivity (Wildman–Crippen MR) is 101 cm³/mol. The first-order chi connectivity index (χ1) is 12.7. The first-order valence-electron chi connectivity index (χ1n) is 8.66. The lowest BCUT2D eigenvalue weighted by atomic mass is 10.2. The predicted octanol–water partition coefficient (Wildman–Crippen LogP) is 2.36. The zero-order valence-electron chi connectivity index (χ0n) is 15.1. The van der Waals surface area contributed by atoms with Crippen molar-refractivity contribution in [2.75, 3.05) is 0 Å². The van der Waals surface area contributed by atoms with Gasteiger partial charge in [0.2, 0.25) is 10.0 Å². The van der Waals surface area contributed by atoms with Gasteiger partial charge >= 0.3 is 5.69 Å². The Morgan fingerprint density at radius 3 is 2.41 bits per heavy atom. The van der Waals surface area contributed by atoms with Crippen LogP contribution < -0.4 is 10.4 Å². The molecule has 0 spiro atoms. The molecule has 3 aromatic rings. The number of fused-ring (bicyclic) bond motifs is 1. The molecule has 0 atom stereocenters. The number of nitrogens with zero attached hydrogens (tertiary/aromatic N) is 2. The van der Waals surface area contributed by atoms with Crippen LogP contribution >= 0.6 is 0 Å². The van der Waals surface area contributed by atoms with Crippen LogP contribution in [0.1, 0.15) is 25.3 Å². The lowest BCUT2D eigenvalue weighted by Gasteiger charge is -2.12. The van der Waals surface area contributed by atoms with Crippen molar-refractivity contribution >= 4 is 21.1 Å². The second kappa shape index (κ2) is 6.03. The summed E-state index contributed by atoms with van der Waals surface area (Å²) in [7, 11) is -2.04. The maximum absolute atomic E-state index is 13.1. The van der Waals surface area contributed by atoms with Gasteiger partial charge < -0.3 is 0 Å². The third kappa shape index (κ3) is 3.30. The van der Waals surface area contributed by atoms with Crippen molar-refractivity contribution in [3.63, 3.8) is 0 Å². The summed E-state index contributed by atoms with van der Waals surface area (Å²) in [5, 5.41) is 0. The van der Waals surface area contributed by atoms with Crippen LogP contribution in [0.3, 0.4) is 0 Å². The van der Waals surface area contributed by atoms with Gasteiger partial charge in [-0.2, -0.15) is 0 Å². The van der Waals surface area contributed by atoms with E-state index in [-0.39, 0.29) is 28.5 Å². The van der Waals surface area contributed by atoms with Gasteiger partial charge in [-0.3, -0.25) is 9.13 Å². The molecule has 142 valence electrons. The van der Waals surface area contributed by atoms with E-state index in [9.17, 15) is 17.6 Å². The zero-order valence-corrected chi connectivity index (χ0v) is 15.9. The summed E-state index contributed by atoms with van der Waals surface area (Å²) in [6.45, 7) is 2.15. The Balaban J connectivity index is 1.76. The molecule has 27 heavy (non-hydrogen) atoms. The lowest BCUT2D eigenvalue weighted by molar-refractivity contribution is 0.558. The molecule has 8 heteroatoms. The Hall–Kier alpha value is -2.45. The zero-order chi connectivity index (χ0) is 19.4.